The number of hydrogen-bond donors (Lipinski definition) is 2. The molecule has 0 spiro atoms. The maximum Gasteiger partial charge on any atom is 0.490 e. The van der Waals surface area contributed by atoms with Crippen LogP contribution in [0.5, 0.6) is 0 Å². The summed E-state index contributed by atoms with van der Waals surface area (Å²) in [6.07, 6.45) is -5.08. The molecular weight excluding hydrogens is 501 g/mol. The zero-order chi connectivity index (χ0) is 27.9. The molecule has 2 aromatic carbocycles. The van der Waals surface area contributed by atoms with Crippen LogP contribution in [-0.4, -0.2) is 68.1 Å². The molecule has 2 N–H and O–H groups in total. The van der Waals surface area contributed by atoms with Crippen LogP contribution in [0, 0.1) is 5.92 Å². The molecule has 38 heavy (non-hydrogen) atoms. The molecule has 0 unspecified atom stereocenters. The number of rotatable bonds is 9. The minimum absolute atomic E-state index is 0.0491. The molecule has 1 heterocycles. The molecule has 208 valence electrons. The first-order chi connectivity index (χ1) is 18.0. The van der Waals surface area contributed by atoms with Crippen molar-refractivity contribution < 1.29 is 37.3 Å². The summed E-state index contributed by atoms with van der Waals surface area (Å²) < 4.78 is 42.1. The molecule has 0 bridgehead atoms. The van der Waals surface area contributed by atoms with E-state index in [0.29, 0.717) is 31.0 Å². The number of carbonyl (C=O) groups is 2. The van der Waals surface area contributed by atoms with Gasteiger partial charge in [-0.1, -0.05) is 62.4 Å². The number of carboxylic acids is 1. The number of methoxy groups -OCH3 is 1. The molecule has 10 heteroatoms. The molecule has 0 radical (unpaired) electrons. The Morgan fingerprint density at radius 3 is 2.26 bits per heavy atom. The van der Waals surface area contributed by atoms with Crippen LogP contribution < -0.4 is 5.32 Å². The second-order valence-electron chi connectivity index (χ2n) is 9.88. The standard InChI is InChI=1S/C26H34N2O3.C2HF3O2/c1-18(2)20-10-8-19(9-11-20)14-28-15-23-21-6-4-5-7-22(21)26(24(23)16-28)27-25(29)17-31-13-12-30-3;3-2(4,5)1(6)7/h4-11,18,23-24,26H,12-17H2,1-3H3,(H,27,29);(H,6,7)/t23-,24-,26+;/m0./s1. The average molecular weight is 537 g/mol. The van der Waals surface area contributed by atoms with Crippen LogP contribution in [0.2, 0.25) is 0 Å². The fourth-order valence-corrected chi connectivity index (χ4v) is 5.04. The highest BCUT2D eigenvalue weighted by Gasteiger charge is 2.46. The van der Waals surface area contributed by atoms with Gasteiger partial charge in [0.25, 0.3) is 0 Å². The molecule has 1 amide bonds. The molecule has 2 aliphatic rings. The minimum Gasteiger partial charge on any atom is -0.475 e. The van der Waals surface area contributed by atoms with E-state index in [1.807, 2.05) is 0 Å². The first kappa shape index (κ1) is 29.6. The van der Waals surface area contributed by atoms with Crippen molar-refractivity contribution in [3.63, 3.8) is 0 Å². The molecule has 7 nitrogen and oxygen atoms in total. The van der Waals surface area contributed by atoms with E-state index < -0.39 is 12.1 Å². The van der Waals surface area contributed by atoms with Crippen LogP contribution in [-0.2, 0) is 25.6 Å². The number of hydrogen-bond acceptors (Lipinski definition) is 5. The number of fused-ring (bicyclic) bond motifs is 3. The third-order valence-corrected chi connectivity index (χ3v) is 6.88. The van der Waals surface area contributed by atoms with Crippen LogP contribution in [0.25, 0.3) is 0 Å². The number of nitrogens with zero attached hydrogens (tertiary/aromatic N) is 1. The van der Waals surface area contributed by atoms with E-state index >= 15 is 0 Å². The van der Waals surface area contributed by atoms with Crippen LogP contribution >= 0.6 is 0 Å². The molecule has 2 aromatic rings. The predicted molar refractivity (Wildman–Crippen MR) is 136 cm³/mol. The van der Waals surface area contributed by atoms with Gasteiger partial charge < -0.3 is 19.9 Å². The molecule has 1 aliphatic carbocycles. The number of halogens is 3. The van der Waals surface area contributed by atoms with Gasteiger partial charge in [-0.15, -0.1) is 0 Å². The Balaban J connectivity index is 0.000000505. The summed E-state index contributed by atoms with van der Waals surface area (Å²) in [6.45, 7) is 8.43. The van der Waals surface area contributed by atoms with Crippen LogP contribution in [0.15, 0.2) is 48.5 Å². The largest absolute Gasteiger partial charge is 0.490 e. The van der Waals surface area contributed by atoms with Crippen molar-refractivity contribution in [1.29, 1.82) is 0 Å². The van der Waals surface area contributed by atoms with Gasteiger partial charge in [-0.05, 0) is 28.2 Å². The molecule has 1 fully saturated rings. The van der Waals surface area contributed by atoms with Crippen molar-refractivity contribution in [3.8, 4) is 0 Å². The van der Waals surface area contributed by atoms with Gasteiger partial charge >= 0.3 is 12.1 Å². The Morgan fingerprint density at radius 2 is 1.68 bits per heavy atom. The van der Waals surface area contributed by atoms with Crippen LogP contribution in [0.4, 0.5) is 13.2 Å². The number of carboxylic acid groups (broad SMARTS) is 1. The third kappa shape index (κ3) is 7.78. The smallest absolute Gasteiger partial charge is 0.475 e. The number of amides is 1. The van der Waals surface area contributed by atoms with Crippen molar-refractivity contribution in [2.45, 2.75) is 44.4 Å². The summed E-state index contributed by atoms with van der Waals surface area (Å²) in [5.41, 5.74) is 5.38. The van der Waals surface area contributed by atoms with E-state index in [0.717, 1.165) is 19.6 Å². The Hall–Kier alpha value is -2.95. The van der Waals surface area contributed by atoms with Crippen molar-refractivity contribution in [2.24, 2.45) is 5.92 Å². The zero-order valence-corrected chi connectivity index (χ0v) is 21.8. The SMILES string of the molecule is COCCOCC(=O)N[C@@H]1c2ccccc2[C@@H]2CN(Cc3ccc(C(C)C)cc3)C[C@H]12.O=C(O)C(F)(F)F. The lowest BCUT2D eigenvalue weighted by Gasteiger charge is -2.23. The summed E-state index contributed by atoms with van der Waals surface area (Å²) in [5.74, 6) is -1.40. The summed E-state index contributed by atoms with van der Waals surface area (Å²) in [7, 11) is 1.63. The number of alkyl halides is 3. The summed E-state index contributed by atoms with van der Waals surface area (Å²) in [6, 6.07) is 17.6. The second-order valence-corrected chi connectivity index (χ2v) is 9.88. The van der Waals surface area contributed by atoms with E-state index in [-0.39, 0.29) is 18.6 Å². The Morgan fingerprint density at radius 1 is 1.05 bits per heavy atom. The van der Waals surface area contributed by atoms with Gasteiger partial charge in [-0.25, -0.2) is 4.79 Å². The molecule has 1 aliphatic heterocycles. The van der Waals surface area contributed by atoms with Gasteiger partial charge in [-0.2, -0.15) is 13.2 Å². The van der Waals surface area contributed by atoms with E-state index in [2.05, 4.69) is 72.6 Å². The molecule has 0 aromatic heterocycles. The van der Waals surface area contributed by atoms with Gasteiger partial charge in [0.2, 0.25) is 5.91 Å². The Kier molecular flexibility index (Phi) is 10.3. The summed E-state index contributed by atoms with van der Waals surface area (Å²) in [5, 5.41) is 10.4. The van der Waals surface area contributed by atoms with Crippen molar-refractivity contribution >= 4 is 11.9 Å². The lowest BCUT2D eigenvalue weighted by molar-refractivity contribution is -0.192. The average Bonchev–Trinajstić information content (AvgIpc) is 3.39. The Bertz CT molecular complexity index is 1070. The first-order valence-corrected chi connectivity index (χ1v) is 12.6. The number of nitrogens with one attached hydrogen (secondary N) is 1. The molecule has 3 atom stereocenters. The van der Waals surface area contributed by atoms with Crippen molar-refractivity contribution in [1.82, 2.24) is 10.2 Å². The maximum absolute atomic E-state index is 12.5. The molecule has 0 saturated carbocycles. The van der Waals surface area contributed by atoms with E-state index in [9.17, 15) is 18.0 Å². The highest BCUT2D eigenvalue weighted by atomic mass is 19.4. The van der Waals surface area contributed by atoms with E-state index in [4.69, 9.17) is 19.4 Å². The summed E-state index contributed by atoms with van der Waals surface area (Å²) >= 11 is 0. The normalized spacial score (nSPS) is 20.4. The van der Waals surface area contributed by atoms with Gasteiger partial charge in [0.15, 0.2) is 0 Å². The fourth-order valence-electron chi connectivity index (χ4n) is 5.04. The van der Waals surface area contributed by atoms with Gasteiger partial charge in [-0.3, -0.25) is 9.69 Å². The number of carbonyl (C=O) groups excluding carboxylic acids is 1. The number of aliphatic carboxylic acids is 1. The maximum atomic E-state index is 12.5. The fraction of sp³-hybridized carbons (Fsp3) is 0.500. The van der Waals surface area contributed by atoms with Crippen molar-refractivity contribution in [3.05, 3.63) is 70.8 Å². The monoisotopic (exact) mass is 536 g/mol. The topological polar surface area (TPSA) is 88.1 Å². The lowest BCUT2D eigenvalue weighted by Crippen LogP contribution is -2.36. The molecule has 1 saturated heterocycles. The Labute approximate surface area is 220 Å². The molecule has 4 rings (SSSR count). The lowest BCUT2D eigenvalue weighted by atomic mass is 9.94. The van der Waals surface area contributed by atoms with Crippen LogP contribution in [0.1, 0.15) is 54.0 Å². The second kappa shape index (κ2) is 13.2. The quantitative estimate of drug-likeness (QED) is 0.459. The number of likely N-dealkylation sites (tertiary alicyclic amines) is 1. The predicted octanol–water partition coefficient (Wildman–Crippen LogP) is 4.49. The van der Waals surface area contributed by atoms with Crippen molar-refractivity contribution in [2.75, 3.05) is 40.0 Å². The number of ether oxygens (including phenoxy) is 2. The zero-order valence-electron chi connectivity index (χ0n) is 21.8. The highest BCUT2D eigenvalue weighted by Crippen LogP contribution is 2.49. The van der Waals surface area contributed by atoms with Gasteiger partial charge in [0.1, 0.15) is 6.61 Å². The van der Waals surface area contributed by atoms with Gasteiger partial charge in [0, 0.05) is 38.6 Å². The van der Waals surface area contributed by atoms with E-state index in [1.165, 1.54) is 22.3 Å². The first-order valence-electron chi connectivity index (χ1n) is 12.6. The summed E-state index contributed by atoms with van der Waals surface area (Å²) in [4.78, 5) is 24.0. The minimum atomic E-state index is -5.08. The highest BCUT2D eigenvalue weighted by molar-refractivity contribution is 5.78. The van der Waals surface area contributed by atoms with Crippen LogP contribution in [0.3, 0.4) is 0 Å². The van der Waals surface area contributed by atoms with E-state index in [1.54, 1.807) is 7.11 Å². The number of benzene rings is 2. The third-order valence-electron chi connectivity index (χ3n) is 6.88. The van der Waals surface area contributed by atoms with Gasteiger partial charge in [0.05, 0.1) is 19.3 Å². The molecular formula is C28H35F3N2O5.